The average molecular weight is 622 g/mol. The van der Waals surface area contributed by atoms with Gasteiger partial charge in [0.15, 0.2) is 18.1 Å². The average Bonchev–Trinajstić information content (AvgIpc) is 3.43. The van der Waals surface area contributed by atoms with Crippen LogP contribution < -0.4 is 25.0 Å². The van der Waals surface area contributed by atoms with Crippen molar-refractivity contribution in [3.8, 4) is 17.2 Å². The van der Waals surface area contributed by atoms with Crippen LogP contribution in [0.25, 0.3) is 0 Å². The molecule has 2 N–H and O–H groups in total. The van der Waals surface area contributed by atoms with Crippen LogP contribution in [0.3, 0.4) is 0 Å². The number of carbonyl (C=O) groups excluding carboxylic acids is 3. The van der Waals surface area contributed by atoms with Crippen molar-refractivity contribution in [2.45, 2.75) is 33.1 Å². The van der Waals surface area contributed by atoms with Crippen LogP contribution in [0.1, 0.15) is 38.7 Å². The highest BCUT2D eigenvalue weighted by atomic mass is 127. The summed E-state index contributed by atoms with van der Waals surface area (Å²) in [6, 6.07) is 10.2. The summed E-state index contributed by atoms with van der Waals surface area (Å²) >= 11 is 2.09. The zero-order chi connectivity index (χ0) is 26.6. The third-order valence-electron chi connectivity index (χ3n) is 5.30. The van der Waals surface area contributed by atoms with Crippen molar-refractivity contribution in [3.63, 3.8) is 0 Å². The maximum Gasteiger partial charge on any atom is 0.329 e. The molecule has 0 bridgehead atoms. The van der Waals surface area contributed by atoms with Crippen LogP contribution >= 0.6 is 22.6 Å². The minimum atomic E-state index is -0.914. The molecule has 0 atom stereocenters. The number of hydrogen-bond acceptors (Lipinski definition) is 7. The van der Waals surface area contributed by atoms with Gasteiger partial charge in [-0.1, -0.05) is 6.92 Å². The summed E-state index contributed by atoms with van der Waals surface area (Å²) in [5.41, 5.74) is 3.30. The summed E-state index contributed by atoms with van der Waals surface area (Å²) in [5, 5.41) is 6.39. The number of ether oxygens (including phenoxy) is 3. The van der Waals surface area contributed by atoms with E-state index in [1.807, 2.05) is 13.8 Å². The number of anilines is 1. The fourth-order valence-electron chi connectivity index (χ4n) is 3.52. The fraction of sp³-hybridized carbons (Fsp3) is 0.385. The lowest BCUT2D eigenvalue weighted by atomic mass is 10.2. The lowest BCUT2D eigenvalue weighted by molar-refractivity contribution is -0.136. The predicted molar refractivity (Wildman–Crippen MR) is 148 cm³/mol. The highest BCUT2D eigenvalue weighted by Gasteiger charge is 2.20. The van der Waals surface area contributed by atoms with E-state index in [1.54, 1.807) is 41.3 Å². The van der Waals surface area contributed by atoms with Gasteiger partial charge in [-0.3, -0.25) is 14.4 Å². The molecule has 1 fully saturated rings. The number of rotatable bonds is 11. The van der Waals surface area contributed by atoms with Crippen molar-refractivity contribution in [1.29, 1.82) is 0 Å². The minimum absolute atomic E-state index is 0.0526. The Morgan fingerprint density at radius 2 is 1.76 bits per heavy atom. The van der Waals surface area contributed by atoms with E-state index in [9.17, 15) is 14.4 Å². The molecule has 3 rings (SSSR count). The van der Waals surface area contributed by atoms with Crippen LogP contribution in [-0.2, 0) is 14.4 Å². The zero-order valence-corrected chi connectivity index (χ0v) is 23.1. The van der Waals surface area contributed by atoms with Crippen LogP contribution in [0, 0.1) is 3.57 Å². The van der Waals surface area contributed by atoms with Gasteiger partial charge in [-0.25, -0.2) is 5.43 Å². The molecule has 37 heavy (non-hydrogen) atoms. The molecule has 0 aromatic heterocycles. The lowest BCUT2D eigenvalue weighted by Gasteiger charge is -2.18. The first kappa shape index (κ1) is 28.2. The molecule has 0 radical (unpaired) electrons. The summed E-state index contributed by atoms with van der Waals surface area (Å²) in [6.45, 7) is 6.31. The van der Waals surface area contributed by atoms with Gasteiger partial charge >= 0.3 is 11.8 Å². The van der Waals surface area contributed by atoms with Crippen molar-refractivity contribution in [1.82, 2.24) is 10.3 Å². The van der Waals surface area contributed by atoms with Crippen LogP contribution in [0.2, 0.25) is 0 Å². The van der Waals surface area contributed by atoms with Gasteiger partial charge in [0, 0.05) is 18.8 Å². The third kappa shape index (κ3) is 8.62. The highest BCUT2D eigenvalue weighted by Crippen LogP contribution is 2.34. The Labute approximate surface area is 229 Å². The SMILES string of the molecule is CCCOc1ccc(NC(=O)C(=O)N/N=C\c2cc(I)c(OCC(=O)N3CCCC3)c(OCC)c2)cc1. The number of nitrogens with zero attached hydrogens (tertiary/aromatic N) is 2. The second-order valence-electron chi connectivity index (χ2n) is 8.17. The first-order valence-corrected chi connectivity index (χ1v) is 13.2. The fourth-order valence-corrected chi connectivity index (χ4v) is 4.30. The molecular weight excluding hydrogens is 591 g/mol. The number of nitrogens with one attached hydrogen (secondary N) is 2. The quantitative estimate of drug-likeness (QED) is 0.171. The van der Waals surface area contributed by atoms with Gasteiger partial charge in [0.25, 0.3) is 5.91 Å². The Morgan fingerprint density at radius 1 is 1.03 bits per heavy atom. The predicted octanol–water partition coefficient (Wildman–Crippen LogP) is 3.57. The number of hydrazone groups is 1. The molecule has 1 heterocycles. The third-order valence-corrected chi connectivity index (χ3v) is 6.10. The molecular formula is C26H31IN4O6. The van der Waals surface area contributed by atoms with E-state index in [-0.39, 0.29) is 12.5 Å². The smallest absolute Gasteiger partial charge is 0.329 e. The molecule has 0 spiro atoms. The van der Waals surface area contributed by atoms with E-state index in [0.29, 0.717) is 41.7 Å². The van der Waals surface area contributed by atoms with Crippen molar-refractivity contribution in [2.24, 2.45) is 5.10 Å². The largest absolute Gasteiger partial charge is 0.494 e. The number of benzene rings is 2. The number of amides is 3. The van der Waals surface area contributed by atoms with Crippen LogP contribution in [0.4, 0.5) is 5.69 Å². The molecule has 0 aliphatic carbocycles. The molecule has 1 aliphatic rings. The van der Waals surface area contributed by atoms with Gasteiger partial charge in [0.1, 0.15) is 5.75 Å². The molecule has 198 valence electrons. The van der Waals surface area contributed by atoms with Crippen molar-refractivity contribution >= 4 is 52.2 Å². The summed E-state index contributed by atoms with van der Waals surface area (Å²) in [6.07, 6.45) is 4.32. The molecule has 0 unspecified atom stereocenters. The Hall–Kier alpha value is -3.35. The van der Waals surface area contributed by atoms with Gasteiger partial charge in [-0.05, 0) is 90.7 Å². The van der Waals surface area contributed by atoms with Crippen molar-refractivity contribution < 1.29 is 28.6 Å². The second kappa shape index (κ2) is 14.4. The van der Waals surface area contributed by atoms with Crippen molar-refractivity contribution in [3.05, 3.63) is 45.5 Å². The van der Waals surface area contributed by atoms with E-state index in [2.05, 4.69) is 38.4 Å². The molecule has 0 saturated carbocycles. The zero-order valence-electron chi connectivity index (χ0n) is 20.9. The first-order chi connectivity index (χ1) is 17.9. The van der Waals surface area contributed by atoms with Crippen LogP contribution in [-0.4, -0.2) is 61.7 Å². The summed E-state index contributed by atoms with van der Waals surface area (Å²) in [4.78, 5) is 38.5. The van der Waals surface area contributed by atoms with Gasteiger partial charge in [0.2, 0.25) is 0 Å². The second-order valence-corrected chi connectivity index (χ2v) is 9.33. The molecule has 2 aromatic rings. The monoisotopic (exact) mass is 622 g/mol. The number of hydrogen-bond donors (Lipinski definition) is 2. The topological polar surface area (TPSA) is 119 Å². The van der Waals surface area contributed by atoms with Gasteiger partial charge in [0.05, 0.1) is 23.0 Å². The molecule has 10 nitrogen and oxygen atoms in total. The van der Waals surface area contributed by atoms with Crippen LogP contribution in [0.15, 0.2) is 41.5 Å². The minimum Gasteiger partial charge on any atom is -0.494 e. The standard InChI is InChI=1S/C26H31IN4O6/c1-3-13-36-20-9-7-19(8-10-20)29-25(33)26(34)30-28-16-18-14-21(27)24(22(15-18)35-4-2)37-17-23(32)31-11-5-6-12-31/h7-10,14-16H,3-6,11-13,17H2,1-2H3,(H,29,33)(H,30,34)/b28-16-. The summed E-state index contributed by atoms with van der Waals surface area (Å²) in [5.74, 6) is -0.201. The number of carbonyl (C=O) groups is 3. The molecule has 1 saturated heterocycles. The number of halogens is 1. The molecule has 2 aromatic carbocycles. The Balaban J connectivity index is 1.56. The first-order valence-electron chi connectivity index (χ1n) is 12.2. The van der Waals surface area contributed by atoms with E-state index in [0.717, 1.165) is 35.9 Å². The Morgan fingerprint density at radius 3 is 2.43 bits per heavy atom. The summed E-state index contributed by atoms with van der Waals surface area (Å²) in [7, 11) is 0. The van der Waals surface area contributed by atoms with E-state index >= 15 is 0 Å². The normalized spacial score (nSPS) is 12.9. The summed E-state index contributed by atoms with van der Waals surface area (Å²) < 4.78 is 17.7. The van der Waals surface area contributed by atoms with Gasteiger partial charge in [-0.15, -0.1) is 0 Å². The molecule has 1 aliphatic heterocycles. The Kier molecular flexibility index (Phi) is 11.0. The Bertz CT molecular complexity index is 1120. The highest BCUT2D eigenvalue weighted by molar-refractivity contribution is 14.1. The van der Waals surface area contributed by atoms with E-state index in [1.165, 1.54) is 6.21 Å². The molecule has 3 amide bonds. The van der Waals surface area contributed by atoms with Crippen LogP contribution in [0.5, 0.6) is 17.2 Å². The van der Waals surface area contributed by atoms with E-state index < -0.39 is 11.8 Å². The van der Waals surface area contributed by atoms with E-state index in [4.69, 9.17) is 14.2 Å². The van der Waals surface area contributed by atoms with Gasteiger partial charge in [-0.2, -0.15) is 5.10 Å². The van der Waals surface area contributed by atoms with Gasteiger partial charge < -0.3 is 24.4 Å². The van der Waals surface area contributed by atoms with Crippen molar-refractivity contribution in [2.75, 3.05) is 38.2 Å². The maximum absolute atomic E-state index is 12.4. The maximum atomic E-state index is 12.4. The lowest BCUT2D eigenvalue weighted by Crippen LogP contribution is -2.32. The molecule has 11 heteroatoms. The number of likely N-dealkylation sites (tertiary alicyclic amines) is 1.